The lowest BCUT2D eigenvalue weighted by molar-refractivity contribution is 0.0850. The fourth-order valence-corrected chi connectivity index (χ4v) is 5.15. The molecule has 0 spiro atoms. The van der Waals surface area contributed by atoms with E-state index < -0.39 is 0 Å². The van der Waals surface area contributed by atoms with E-state index in [0.29, 0.717) is 6.04 Å². The summed E-state index contributed by atoms with van der Waals surface area (Å²) in [6.45, 7) is 7.89. The SMILES string of the molecule is COc1ccc2[nH]c(CN3CCN([C@@H]4CCc5ccccc5C4)CC3)c(C)c2c1. The Morgan fingerprint density at radius 2 is 1.83 bits per heavy atom. The molecule has 2 heterocycles. The van der Waals surface area contributed by atoms with Gasteiger partial charge in [0, 0.05) is 55.4 Å². The molecule has 0 unspecified atom stereocenters. The second kappa shape index (κ2) is 7.85. The molecule has 0 bridgehead atoms. The average Bonchev–Trinajstić information content (AvgIpc) is 3.08. The number of hydrogen-bond acceptors (Lipinski definition) is 3. The molecular formula is C25H31N3O. The van der Waals surface area contributed by atoms with Crippen molar-refractivity contribution >= 4 is 10.9 Å². The zero-order chi connectivity index (χ0) is 19.8. The largest absolute Gasteiger partial charge is 0.497 e. The summed E-state index contributed by atoms with van der Waals surface area (Å²) in [6, 6.07) is 16.0. The third-order valence-electron chi connectivity index (χ3n) is 6.99. The lowest BCUT2D eigenvalue weighted by Gasteiger charge is -2.41. The lowest BCUT2D eigenvalue weighted by Crippen LogP contribution is -2.51. The number of rotatable bonds is 4. The van der Waals surface area contributed by atoms with Crippen molar-refractivity contribution in [1.29, 1.82) is 0 Å². The Balaban J connectivity index is 1.22. The minimum atomic E-state index is 0.717. The maximum absolute atomic E-state index is 5.40. The Labute approximate surface area is 173 Å². The number of H-pyrrole nitrogens is 1. The van der Waals surface area contributed by atoms with E-state index in [0.717, 1.165) is 25.4 Å². The molecule has 2 aliphatic rings. The second-order valence-corrected chi connectivity index (χ2v) is 8.62. The summed E-state index contributed by atoms with van der Waals surface area (Å²) in [5.41, 5.74) is 7.03. The van der Waals surface area contributed by atoms with Crippen LogP contribution in [0.3, 0.4) is 0 Å². The molecular weight excluding hydrogens is 358 g/mol. The Hall–Kier alpha value is -2.30. The average molecular weight is 390 g/mol. The van der Waals surface area contributed by atoms with E-state index in [1.807, 2.05) is 6.07 Å². The van der Waals surface area contributed by atoms with Crippen molar-refractivity contribution in [1.82, 2.24) is 14.8 Å². The molecule has 1 fully saturated rings. The first-order valence-electron chi connectivity index (χ1n) is 10.9. The van der Waals surface area contributed by atoms with Gasteiger partial charge in [0.25, 0.3) is 0 Å². The van der Waals surface area contributed by atoms with Gasteiger partial charge in [-0.05, 0) is 61.1 Å². The Kier molecular flexibility index (Phi) is 5.06. The maximum atomic E-state index is 5.40. The molecule has 152 valence electrons. The number of ether oxygens (including phenoxy) is 1. The second-order valence-electron chi connectivity index (χ2n) is 8.62. The molecule has 2 aromatic carbocycles. The smallest absolute Gasteiger partial charge is 0.119 e. The Morgan fingerprint density at radius 1 is 1.03 bits per heavy atom. The van der Waals surface area contributed by atoms with Crippen LogP contribution in [0.4, 0.5) is 0 Å². The zero-order valence-electron chi connectivity index (χ0n) is 17.6. The van der Waals surface area contributed by atoms with Crippen LogP contribution >= 0.6 is 0 Å². The third kappa shape index (κ3) is 3.67. The van der Waals surface area contributed by atoms with E-state index in [4.69, 9.17) is 4.74 Å². The van der Waals surface area contributed by atoms with Gasteiger partial charge in [0.05, 0.1) is 7.11 Å². The van der Waals surface area contributed by atoms with E-state index in [1.165, 1.54) is 54.5 Å². The molecule has 1 aliphatic carbocycles. The van der Waals surface area contributed by atoms with Gasteiger partial charge in [-0.15, -0.1) is 0 Å². The topological polar surface area (TPSA) is 31.5 Å². The highest BCUT2D eigenvalue weighted by atomic mass is 16.5. The highest BCUT2D eigenvalue weighted by molar-refractivity contribution is 5.85. The highest BCUT2D eigenvalue weighted by Crippen LogP contribution is 2.28. The Bertz CT molecular complexity index is 1000. The van der Waals surface area contributed by atoms with Crippen LogP contribution in [0.2, 0.25) is 0 Å². The number of nitrogens with one attached hydrogen (secondary N) is 1. The van der Waals surface area contributed by atoms with Crippen molar-refractivity contribution in [3.05, 3.63) is 64.8 Å². The number of methoxy groups -OCH3 is 1. The molecule has 1 aliphatic heterocycles. The van der Waals surface area contributed by atoms with E-state index in [-0.39, 0.29) is 0 Å². The van der Waals surface area contributed by atoms with E-state index >= 15 is 0 Å². The number of hydrogen-bond donors (Lipinski definition) is 1. The molecule has 1 atom stereocenters. The molecule has 1 saturated heterocycles. The fraction of sp³-hybridized carbons (Fsp3) is 0.440. The van der Waals surface area contributed by atoms with Gasteiger partial charge in [-0.25, -0.2) is 0 Å². The quantitative estimate of drug-likeness (QED) is 0.727. The molecule has 4 heteroatoms. The Morgan fingerprint density at radius 3 is 2.62 bits per heavy atom. The summed E-state index contributed by atoms with van der Waals surface area (Å²) in [5.74, 6) is 0.925. The molecule has 5 rings (SSSR count). The van der Waals surface area contributed by atoms with Crippen molar-refractivity contribution in [3.8, 4) is 5.75 Å². The minimum Gasteiger partial charge on any atom is -0.497 e. The number of benzene rings is 2. The summed E-state index contributed by atoms with van der Waals surface area (Å²) in [6.07, 6.45) is 3.76. The van der Waals surface area contributed by atoms with Crippen molar-refractivity contribution in [2.45, 2.75) is 38.8 Å². The number of piperazine rings is 1. The monoisotopic (exact) mass is 389 g/mol. The summed E-state index contributed by atoms with van der Waals surface area (Å²) >= 11 is 0. The van der Waals surface area contributed by atoms with Crippen molar-refractivity contribution in [2.24, 2.45) is 0 Å². The van der Waals surface area contributed by atoms with Gasteiger partial charge in [0.1, 0.15) is 5.75 Å². The lowest BCUT2D eigenvalue weighted by atomic mass is 9.87. The number of aromatic amines is 1. The molecule has 29 heavy (non-hydrogen) atoms. The van der Waals surface area contributed by atoms with Gasteiger partial charge in [0.2, 0.25) is 0 Å². The predicted molar refractivity (Wildman–Crippen MR) is 119 cm³/mol. The van der Waals surface area contributed by atoms with Crippen LogP contribution in [0.1, 0.15) is 28.8 Å². The minimum absolute atomic E-state index is 0.717. The first kappa shape index (κ1) is 18.7. The summed E-state index contributed by atoms with van der Waals surface area (Å²) in [4.78, 5) is 8.97. The fourth-order valence-electron chi connectivity index (χ4n) is 5.15. The molecule has 4 nitrogen and oxygen atoms in total. The third-order valence-corrected chi connectivity index (χ3v) is 6.99. The number of nitrogens with zero attached hydrogens (tertiary/aromatic N) is 2. The van der Waals surface area contributed by atoms with Crippen LogP contribution in [-0.2, 0) is 19.4 Å². The summed E-state index contributed by atoms with van der Waals surface area (Å²) in [5, 5.41) is 1.28. The van der Waals surface area contributed by atoms with E-state index in [1.54, 1.807) is 18.2 Å². The van der Waals surface area contributed by atoms with Gasteiger partial charge >= 0.3 is 0 Å². The molecule has 0 saturated carbocycles. The maximum Gasteiger partial charge on any atom is 0.119 e. The number of aromatic nitrogens is 1. The first-order valence-corrected chi connectivity index (χ1v) is 10.9. The predicted octanol–water partition coefficient (Wildman–Crippen LogP) is 4.16. The standard InChI is InChI=1S/C25H31N3O/c1-18-23-16-22(29-2)9-10-24(23)26-25(18)17-27-11-13-28(14-12-27)21-8-7-19-5-3-4-6-20(19)15-21/h3-6,9-10,16,21,26H,7-8,11-15,17H2,1-2H3/t21-/m1/s1. The summed E-state index contributed by atoms with van der Waals surface area (Å²) < 4.78 is 5.40. The van der Waals surface area contributed by atoms with Crippen LogP contribution in [-0.4, -0.2) is 54.1 Å². The van der Waals surface area contributed by atoms with Gasteiger partial charge in [-0.3, -0.25) is 9.80 Å². The molecule has 0 amide bonds. The number of aryl methyl sites for hydroxylation is 2. The molecule has 3 aromatic rings. The van der Waals surface area contributed by atoms with Crippen LogP contribution < -0.4 is 4.74 Å². The van der Waals surface area contributed by atoms with Gasteiger partial charge in [-0.1, -0.05) is 24.3 Å². The van der Waals surface area contributed by atoms with Crippen molar-refractivity contribution in [3.63, 3.8) is 0 Å². The van der Waals surface area contributed by atoms with Crippen LogP contribution in [0.25, 0.3) is 10.9 Å². The molecule has 1 aromatic heterocycles. The van der Waals surface area contributed by atoms with Crippen molar-refractivity contribution < 1.29 is 4.74 Å². The first-order chi connectivity index (χ1) is 14.2. The van der Waals surface area contributed by atoms with Crippen LogP contribution in [0.15, 0.2) is 42.5 Å². The molecule has 0 radical (unpaired) electrons. The van der Waals surface area contributed by atoms with Crippen LogP contribution in [0, 0.1) is 6.92 Å². The van der Waals surface area contributed by atoms with E-state index in [9.17, 15) is 0 Å². The molecule has 1 N–H and O–H groups in total. The summed E-state index contributed by atoms with van der Waals surface area (Å²) in [7, 11) is 1.73. The van der Waals surface area contributed by atoms with Crippen molar-refractivity contribution in [2.75, 3.05) is 33.3 Å². The highest BCUT2D eigenvalue weighted by Gasteiger charge is 2.27. The number of fused-ring (bicyclic) bond motifs is 2. The zero-order valence-corrected chi connectivity index (χ0v) is 17.6. The van der Waals surface area contributed by atoms with Gasteiger partial charge in [0.15, 0.2) is 0 Å². The van der Waals surface area contributed by atoms with E-state index in [2.05, 4.69) is 58.1 Å². The van der Waals surface area contributed by atoms with Gasteiger partial charge < -0.3 is 9.72 Å². The van der Waals surface area contributed by atoms with Gasteiger partial charge in [-0.2, -0.15) is 0 Å². The normalized spacial score (nSPS) is 20.7. The van der Waals surface area contributed by atoms with Crippen LogP contribution in [0.5, 0.6) is 5.75 Å².